The van der Waals surface area contributed by atoms with Crippen LogP contribution < -0.4 is 11.1 Å². The fourth-order valence-corrected chi connectivity index (χ4v) is 1.62. The first kappa shape index (κ1) is 14.1. The number of rotatable bonds is 2. The molecule has 0 unspecified atom stereocenters. The van der Waals surface area contributed by atoms with Gasteiger partial charge >= 0.3 is 0 Å². The van der Waals surface area contributed by atoms with Gasteiger partial charge in [0, 0.05) is 6.07 Å². The van der Waals surface area contributed by atoms with E-state index in [1.165, 1.54) is 13.0 Å². The summed E-state index contributed by atoms with van der Waals surface area (Å²) in [7, 11) is 0. The van der Waals surface area contributed by atoms with Crippen LogP contribution >= 0.6 is 0 Å². The van der Waals surface area contributed by atoms with Gasteiger partial charge in [-0.2, -0.15) is 0 Å². The van der Waals surface area contributed by atoms with Crippen LogP contribution in [0.3, 0.4) is 0 Å². The summed E-state index contributed by atoms with van der Waals surface area (Å²) >= 11 is 0. The van der Waals surface area contributed by atoms with Crippen molar-refractivity contribution < 1.29 is 22.0 Å². The van der Waals surface area contributed by atoms with Crippen molar-refractivity contribution in [3.63, 3.8) is 0 Å². The molecule has 2 aromatic rings. The number of nitrogens with two attached hydrogens (primary N) is 1. The lowest BCUT2D eigenvalue weighted by Gasteiger charge is -2.13. The fourth-order valence-electron chi connectivity index (χ4n) is 1.62. The van der Waals surface area contributed by atoms with Crippen molar-refractivity contribution in [3.05, 3.63) is 52.8 Å². The Hall–Kier alpha value is -2.31. The van der Waals surface area contributed by atoms with E-state index in [0.29, 0.717) is 0 Å². The maximum Gasteiger partial charge on any atom is 0.185 e. The largest absolute Gasteiger partial charge is 0.397 e. The number of aryl methyl sites for hydroxylation is 1. The van der Waals surface area contributed by atoms with Crippen LogP contribution in [0.1, 0.15) is 5.56 Å². The number of benzene rings is 2. The Labute approximate surface area is 111 Å². The molecule has 0 aliphatic heterocycles. The number of halogens is 5. The first-order valence-corrected chi connectivity index (χ1v) is 5.47. The predicted octanol–water partition coefficient (Wildman–Crippen LogP) is 4.02. The molecule has 0 aliphatic rings. The van der Waals surface area contributed by atoms with Crippen molar-refractivity contribution >= 4 is 17.1 Å². The number of hydrogen-bond donors (Lipinski definition) is 2. The molecule has 0 aliphatic carbocycles. The molecule has 0 atom stereocenters. The van der Waals surface area contributed by atoms with E-state index < -0.39 is 34.8 Å². The summed E-state index contributed by atoms with van der Waals surface area (Å²) in [5, 5.41) is 2.14. The zero-order chi connectivity index (χ0) is 15.0. The molecule has 0 spiro atoms. The minimum absolute atomic E-state index is 0.0632. The maximum absolute atomic E-state index is 13.5. The minimum atomic E-state index is -1.59. The average Bonchev–Trinajstić information content (AvgIpc) is 2.38. The zero-order valence-corrected chi connectivity index (χ0v) is 10.2. The quantitative estimate of drug-likeness (QED) is 0.497. The van der Waals surface area contributed by atoms with Crippen LogP contribution in [0.2, 0.25) is 0 Å². The third-order valence-corrected chi connectivity index (χ3v) is 2.70. The second-order valence-electron chi connectivity index (χ2n) is 4.16. The Balaban J connectivity index is 2.53. The molecule has 0 aromatic heterocycles. The molecule has 0 amide bonds. The van der Waals surface area contributed by atoms with E-state index >= 15 is 0 Å². The fraction of sp³-hybridized carbons (Fsp3) is 0.0769. The first-order chi connectivity index (χ1) is 9.31. The first-order valence-electron chi connectivity index (χ1n) is 5.47. The minimum Gasteiger partial charge on any atom is -0.397 e. The van der Waals surface area contributed by atoms with E-state index in [1.54, 1.807) is 0 Å². The number of nitrogen functional groups attached to an aromatic ring is 1. The third-order valence-electron chi connectivity index (χ3n) is 2.70. The lowest BCUT2D eigenvalue weighted by atomic mass is 10.1. The standard InChI is InChI=1S/C13H9F5N2/c1-5-2-10(9(19)4-6(5)14)20-13-11(17)7(15)3-8(16)12(13)18/h2-4,20H,19H2,1H3. The second-order valence-corrected chi connectivity index (χ2v) is 4.16. The summed E-state index contributed by atoms with van der Waals surface area (Å²) in [5.41, 5.74) is 4.38. The van der Waals surface area contributed by atoms with Gasteiger partial charge in [-0.3, -0.25) is 0 Å². The lowest BCUT2D eigenvalue weighted by molar-refractivity contribution is 0.459. The molecule has 7 heteroatoms. The van der Waals surface area contributed by atoms with Crippen molar-refractivity contribution in [2.75, 3.05) is 11.1 Å². The van der Waals surface area contributed by atoms with Gasteiger partial charge in [-0.1, -0.05) is 0 Å². The van der Waals surface area contributed by atoms with Crippen LogP contribution in [0.4, 0.5) is 39.0 Å². The van der Waals surface area contributed by atoms with Gasteiger partial charge in [-0.05, 0) is 24.6 Å². The zero-order valence-electron chi connectivity index (χ0n) is 10.2. The molecule has 0 heterocycles. The number of nitrogens with one attached hydrogen (secondary N) is 1. The van der Waals surface area contributed by atoms with Crippen LogP contribution in [0.15, 0.2) is 18.2 Å². The average molecular weight is 288 g/mol. The molecule has 2 aromatic carbocycles. The molecular formula is C13H9F5N2. The Bertz CT molecular complexity index is 659. The van der Waals surface area contributed by atoms with Gasteiger partial charge in [0.15, 0.2) is 23.3 Å². The van der Waals surface area contributed by atoms with Crippen LogP contribution in [0, 0.1) is 36.0 Å². The van der Waals surface area contributed by atoms with Gasteiger partial charge in [-0.25, -0.2) is 22.0 Å². The monoisotopic (exact) mass is 288 g/mol. The van der Waals surface area contributed by atoms with E-state index in [4.69, 9.17) is 5.73 Å². The van der Waals surface area contributed by atoms with Gasteiger partial charge in [0.25, 0.3) is 0 Å². The van der Waals surface area contributed by atoms with Gasteiger partial charge in [0.05, 0.1) is 11.4 Å². The Morgan fingerprint density at radius 1 is 0.850 bits per heavy atom. The number of hydrogen-bond acceptors (Lipinski definition) is 2. The molecule has 0 bridgehead atoms. The summed E-state index contributed by atoms with van der Waals surface area (Å²) < 4.78 is 66.3. The second kappa shape index (κ2) is 4.99. The highest BCUT2D eigenvalue weighted by atomic mass is 19.2. The Morgan fingerprint density at radius 2 is 1.40 bits per heavy atom. The van der Waals surface area contributed by atoms with Crippen LogP contribution in [0.25, 0.3) is 0 Å². The highest BCUT2D eigenvalue weighted by Gasteiger charge is 2.20. The third kappa shape index (κ3) is 2.38. The van der Waals surface area contributed by atoms with E-state index in [0.717, 1.165) is 6.07 Å². The highest BCUT2D eigenvalue weighted by Crippen LogP contribution is 2.31. The Kier molecular flexibility index (Phi) is 3.52. The predicted molar refractivity (Wildman–Crippen MR) is 65.1 cm³/mol. The molecule has 3 N–H and O–H groups in total. The highest BCUT2D eigenvalue weighted by molar-refractivity contribution is 5.74. The van der Waals surface area contributed by atoms with Gasteiger partial charge < -0.3 is 11.1 Å². The van der Waals surface area contributed by atoms with E-state index in [2.05, 4.69) is 5.32 Å². The maximum atomic E-state index is 13.5. The summed E-state index contributed by atoms with van der Waals surface area (Å²) in [6.07, 6.45) is 0. The van der Waals surface area contributed by atoms with Crippen LogP contribution in [0.5, 0.6) is 0 Å². The van der Waals surface area contributed by atoms with Crippen molar-refractivity contribution in [1.29, 1.82) is 0 Å². The molecule has 2 nitrogen and oxygen atoms in total. The lowest BCUT2D eigenvalue weighted by Crippen LogP contribution is -2.05. The molecule has 0 radical (unpaired) electrons. The number of anilines is 3. The molecule has 106 valence electrons. The topological polar surface area (TPSA) is 38.0 Å². The Morgan fingerprint density at radius 3 is 1.95 bits per heavy atom. The molecular weight excluding hydrogens is 279 g/mol. The summed E-state index contributed by atoms with van der Waals surface area (Å²) in [5.74, 6) is -6.90. The van der Waals surface area contributed by atoms with Crippen molar-refractivity contribution in [3.8, 4) is 0 Å². The normalized spacial score (nSPS) is 10.7. The van der Waals surface area contributed by atoms with Gasteiger partial charge in [0.1, 0.15) is 11.5 Å². The SMILES string of the molecule is Cc1cc(Nc2c(F)c(F)cc(F)c2F)c(N)cc1F. The summed E-state index contributed by atoms with van der Waals surface area (Å²) in [6, 6.07) is 2.20. The van der Waals surface area contributed by atoms with Gasteiger partial charge in [0.2, 0.25) is 0 Å². The smallest absolute Gasteiger partial charge is 0.185 e. The van der Waals surface area contributed by atoms with Gasteiger partial charge in [-0.15, -0.1) is 0 Å². The van der Waals surface area contributed by atoms with Crippen LogP contribution in [-0.4, -0.2) is 0 Å². The molecule has 0 fully saturated rings. The van der Waals surface area contributed by atoms with E-state index in [1.807, 2.05) is 0 Å². The molecule has 20 heavy (non-hydrogen) atoms. The van der Waals surface area contributed by atoms with Crippen molar-refractivity contribution in [2.45, 2.75) is 6.92 Å². The van der Waals surface area contributed by atoms with Crippen LogP contribution in [-0.2, 0) is 0 Å². The molecule has 0 saturated carbocycles. The van der Waals surface area contributed by atoms with E-state index in [-0.39, 0.29) is 23.0 Å². The summed E-state index contributed by atoms with van der Waals surface area (Å²) in [6.45, 7) is 1.40. The molecule has 0 saturated heterocycles. The summed E-state index contributed by atoms with van der Waals surface area (Å²) in [4.78, 5) is 0. The van der Waals surface area contributed by atoms with E-state index in [9.17, 15) is 22.0 Å². The van der Waals surface area contributed by atoms with Crippen molar-refractivity contribution in [1.82, 2.24) is 0 Å². The van der Waals surface area contributed by atoms with Crippen molar-refractivity contribution in [2.24, 2.45) is 0 Å². The molecule has 2 rings (SSSR count).